The van der Waals surface area contributed by atoms with Crippen LogP contribution in [0, 0.1) is 24.7 Å². The monoisotopic (exact) mass is 1110 g/mol. The van der Waals surface area contributed by atoms with Crippen LogP contribution in [0.25, 0.3) is 43.1 Å². The van der Waals surface area contributed by atoms with Crippen molar-refractivity contribution in [3.63, 3.8) is 0 Å². The molecule has 0 bridgehead atoms. The fourth-order valence-corrected chi connectivity index (χ4v) is 15.3. The molecule has 0 atom stereocenters. The van der Waals surface area contributed by atoms with Gasteiger partial charge in [-0.05, 0) is 99.8 Å². The van der Waals surface area contributed by atoms with Gasteiger partial charge in [0.05, 0.1) is 22.6 Å². The molecule has 282 valence electrons. The average molecular weight is 1110 g/mol. The molecule has 0 heterocycles. The minimum absolute atomic E-state index is 0. The molecule has 0 N–H and O–H groups in total. The topological polar surface area (TPSA) is 0 Å². The van der Waals surface area contributed by atoms with Crippen LogP contribution in [0.2, 0.25) is 0 Å². The largest absolute Gasteiger partial charge is 1.00 e. The Bertz CT molecular complexity index is 2190. The summed E-state index contributed by atoms with van der Waals surface area (Å²) < 4.78 is 0. The Morgan fingerprint density at radius 2 is 0.630 bits per heavy atom. The molecule has 0 spiro atoms. The normalized spacial score (nSPS) is 10.9. The predicted molar refractivity (Wildman–Crippen MR) is 238 cm³/mol. The molecule has 0 nitrogen and oxygen atoms in total. The van der Waals surface area contributed by atoms with Crippen molar-refractivity contribution in [1.29, 1.82) is 0 Å². The van der Waals surface area contributed by atoms with Gasteiger partial charge in [0.15, 0.2) is 0 Å². The van der Waals surface area contributed by atoms with Gasteiger partial charge >= 0.3 is 44.8 Å². The van der Waals surface area contributed by atoms with Crippen molar-refractivity contribution in [1.82, 2.24) is 0 Å². The van der Waals surface area contributed by atoms with Crippen molar-refractivity contribution < 1.29 is 44.8 Å². The van der Waals surface area contributed by atoms with Gasteiger partial charge in [-0.3, -0.25) is 11.8 Å². The van der Waals surface area contributed by atoms with E-state index < -0.39 is 15.8 Å². The Balaban J connectivity index is 0.000000215. The first kappa shape index (κ1) is 45.4. The zero-order valence-corrected chi connectivity index (χ0v) is 38.9. The summed E-state index contributed by atoms with van der Waals surface area (Å²) in [6.45, 7) is 19.4. The third-order valence-electron chi connectivity index (χ3n) is 9.84. The smallest absolute Gasteiger partial charge is 0.366 e. The number of fused-ring (bicyclic) bond motifs is 6. The van der Waals surface area contributed by atoms with Crippen molar-refractivity contribution in [2.75, 3.05) is 0 Å². The molecular weight excluding hydrogens is 1060 g/mol. The van der Waals surface area contributed by atoms with Crippen LogP contribution >= 0.6 is 15.8 Å². The van der Waals surface area contributed by atoms with Gasteiger partial charge in [-0.1, -0.05) is 120 Å². The summed E-state index contributed by atoms with van der Waals surface area (Å²) in [6, 6.07) is 46.3. The standard InChI is InChI=1S/C18H32P2.2C16H9.2Au/c1-13(2)19(14(3)4)17-11-9-10-12-18(17)20(15(5)6)16(7)8;2*1-2-12-11-13-7-3-4-9-15(13)16-10-6-5-8-14(12)16;;/h9-16H,1-8H3;2*3-11H;;/q;2*-1;2*+1/p+2. The van der Waals surface area contributed by atoms with Gasteiger partial charge in [-0.2, -0.15) is 0 Å². The number of hydrogen-bond donors (Lipinski definition) is 0. The van der Waals surface area contributed by atoms with Crippen LogP contribution in [0.4, 0.5) is 0 Å². The number of benzene rings is 7. The summed E-state index contributed by atoms with van der Waals surface area (Å²) in [6.07, 6.45) is 14.7. The minimum atomic E-state index is -0.471. The summed E-state index contributed by atoms with van der Waals surface area (Å²) >= 11 is 0. The molecule has 4 heteroatoms. The Morgan fingerprint density at radius 3 is 0.926 bits per heavy atom. The Kier molecular flexibility index (Phi) is 18.0. The fourth-order valence-electron chi connectivity index (χ4n) is 7.88. The molecule has 0 radical (unpaired) electrons. The second-order valence-corrected chi connectivity index (χ2v) is 22.2. The fraction of sp³-hybridized carbons (Fsp3) is 0.240. The quantitative estimate of drug-likeness (QED) is 0.0512. The minimum Gasteiger partial charge on any atom is -0.366 e. The zero-order valence-electron chi connectivity index (χ0n) is 32.6. The van der Waals surface area contributed by atoms with Crippen molar-refractivity contribution in [2.24, 2.45) is 0 Å². The molecule has 54 heavy (non-hydrogen) atoms. The molecule has 0 aromatic heterocycles. The van der Waals surface area contributed by atoms with E-state index in [0.29, 0.717) is 0 Å². The Morgan fingerprint density at radius 1 is 0.370 bits per heavy atom. The predicted octanol–water partition coefficient (Wildman–Crippen LogP) is 12.9. The maximum atomic E-state index is 7.35. The third-order valence-corrected chi connectivity index (χ3v) is 17.2. The van der Waals surface area contributed by atoms with Gasteiger partial charge in [0.25, 0.3) is 0 Å². The molecule has 0 fully saturated rings. The van der Waals surface area contributed by atoms with Crippen LogP contribution in [0.1, 0.15) is 66.5 Å². The first-order valence-corrected chi connectivity index (χ1v) is 21.9. The van der Waals surface area contributed by atoms with E-state index in [-0.39, 0.29) is 44.8 Å². The van der Waals surface area contributed by atoms with Crippen LogP contribution in [0.5, 0.6) is 0 Å². The van der Waals surface area contributed by atoms with Crippen LogP contribution in [0.15, 0.2) is 133 Å². The molecule has 7 rings (SSSR count). The van der Waals surface area contributed by atoms with E-state index >= 15 is 0 Å². The molecule has 0 aliphatic carbocycles. The third kappa shape index (κ3) is 10.5. The summed E-state index contributed by atoms with van der Waals surface area (Å²) in [5, 5.41) is 12.8. The van der Waals surface area contributed by atoms with Crippen LogP contribution < -0.4 is 10.6 Å². The summed E-state index contributed by atoms with van der Waals surface area (Å²) in [5.74, 6) is 5.02. The van der Waals surface area contributed by atoms with E-state index in [0.717, 1.165) is 55.3 Å². The van der Waals surface area contributed by atoms with Crippen LogP contribution in [0.3, 0.4) is 0 Å². The molecule has 0 aliphatic rings. The zero-order chi connectivity index (χ0) is 37.4. The molecule has 0 unspecified atom stereocenters. The first-order chi connectivity index (χ1) is 25.1. The Hall–Kier alpha value is -2.96. The van der Waals surface area contributed by atoms with Gasteiger partial charge in [0.1, 0.15) is 10.6 Å². The summed E-state index contributed by atoms with van der Waals surface area (Å²) in [5.41, 5.74) is 4.95. The van der Waals surface area contributed by atoms with Gasteiger partial charge in [0, 0.05) is 15.8 Å². The second-order valence-electron chi connectivity index (χ2n) is 14.7. The van der Waals surface area contributed by atoms with Crippen molar-refractivity contribution >= 4 is 69.5 Å². The second kappa shape index (κ2) is 21.4. The molecule has 0 saturated carbocycles. The van der Waals surface area contributed by atoms with Gasteiger partial charge < -0.3 is 12.8 Å². The van der Waals surface area contributed by atoms with E-state index in [1.807, 2.05) is 72.8 Å². The van der Waals surface area contributed by atoms with E-state index in [4.69, 9.17) is 12.8 Å². The van der Waals surface area contributed by atoms with Gasteiger partial charge in [-0.15, -0.1) is 23.3 Å². The van der Waals surface area contributed by atoms with E-state index in [2.05, 4.69) is 128 Å². The van der Waals surface area contributed by atoms with Crippen LogP contribution in [-0.2, 0) is 44.8 Å². The van der Waals surface area contributed by atoms with Crippen molar-refractivity contribution in [3.8, 4) is 11.8 Å². The average Bonchev–Trinajstić information content (AvgIpc) is 3.15. The van der Waals surface area contributed by atoms with Gasteiger partial charge in [-0.25, -0.2) is 0 Å². The van der Waals surface area contributed by atoms with Crippen molar-refractivity contribution in [3.05, 3.63) is 157 Å². The number of rotatable bonds is 6. The molecule has 0 saturated heterocycles. The SMILES string of the molecule is CC(C)[PH+](c1ccccc1[PH+](C(C)C)C(C)C)C(C)C.[Au+].[Au+].[C-]#Cc1cc2ccccc2c2ccccc12.[C-]#Cc1cc2ccccc2c2ccccc12. The summed E-state index contributed by atoms with van der Waals surface area (Å²) in [4.78, 5) is 0. The molecule has 0 amide bonds. The van der Waals surface area contributed by atoms with Crippen LogP contribution in [-0.4, -0.2) is 22.6 Å². The molecular formula is C50H52Au2P2+2. The maximum Gasteiger partial charge on any atom is 1.00 e. The first-order valence-electron chi connectivity index (χ1n) is 18.6. The summed E-state index contributed by atoms with van der Waals surface area (Å²) in [7, 11) is -0.942. The molecule has 7 aromatic carbocycles. The van der Waals surface area contributed by atoms with Gasteiger partial charge in [0.2, 0.25) is 0 Å². The maximum absolute atomic E-state index is 7.35. The molecule has 0 aliphatic heterocycles. The van der Waals surface area contributed by atoms with E-state index in [1.54, 1.807) is 10.6 Å². The number of hydrogen-bond acceptors (Lipinski definition) is 0. The molecule has 7 aromatic rings. The van der Waals surface area contributed by atoms with Crippen molar-refractivity contribution in [2.45, 2.75) is 78.0 Å². The van der Waals surface area contributed by atoms with E-state index in [1.165, 1.54) is 21.5 Å². The Labute approximate surface area is 358 Å². The van der Waals surface area contributed by atoms with E-state index in [9.17, 15) is 0 Å².